The fourth-order valence-electron chi connectivity index (χ4n) is 1.19. The first-order valence-corrected chi connectivity index (χ1v) is 4.85. The van der Waals surface area contributed by atoms with Crippen LogP contribution >= 0.6 is 0 Å². The number of hydrogen-bond donors (Lipinski definition) is 1. The Labute approximate surface area is 85.4 Å². The van der Waals surface area contributed by atoms with Gasteiger partial charge in [0.25, 0.3) is 0 Å². The summed E-state index contributed by atoms with van der Waals surface area (Å²) in [5, 5.41) is 3.10. The first kappa shape index (κ1) is 10.8. The fraction of sp³-hybridized carbons (Fsp3) is 0.600. The molecule has 0 radical (unpaired) electrons. The molecule has 0 saturated heterocycles. The van der Waals surface area contributed by atoms with E-state index in [1.807, 2.05) is 6.34 Å². The molecule has 0 spiro atoms. The molecule has 0 fully saturated rings. The van der Waals surface area contributed by atoms with Gasteiger partial charge in [-0.1, -0.05) is 12.2 Å². The molecule has 0 atom stereocenters. The Morgan fingerprint density at radius 2 is 2.14 bits per heavy atom. The van der Waals surface area contributed by atoms with Gasteiger partial charge < -0.3 is 10.2 Å². The van der Waals surface area contributed by atoms with Crippen molar-refractivity contribution in [3.05, 3.63) is 12.2 Å². The van der Waals surface area contributed by atoms with Crippen LogP contribution in [0.4, 0.5) is 0 Å². The molecule has 0 bridgehead atoms. The van der Waals surface area contributed by atoms with Crippen molar-refractivity contribution in [1.82, 2.24) is 10.2 Å². The predicted octanol–water partition coefficient (Wildman–Crippen LogP) is 0.380. The Morgan fingerprint density at radius 3 is 2.71 bits per heavy atom. The Kier molecular flexibility index (Phi) is 4.75. The topological polar surface area (TPSA) is 40.0 Å². The van der Waals surface area contributed by atoms with Gasteiger partial charge in [0.1, 0.15) is 0 Å². The normalized spacial score (nSPS) is 15.6. The van der Waals surface area contributed by atoms with Gasteiger partial charge in [-0.15, -0.1) is 0 Å². The number of rotatable bonds is 7. The third-order valence-electron chi connectivity index (χ3n) is 1.95. The molecule has 1 rings (SSSR count). The van der Waals surface area contributed by atoms with Crippen LogP contribution in [-0.2, 0) is 0 Å². The van der Waals surface area contributed by atoms with Crippen molar-refractivity contribution in [2.75, 3.05) is 33.7 Å². The zero-order valence-electron chi connectivity index (χ0n) is 8.85. The molecular formula is C10H18N4. The lowest BCUT2D eigenvalue weighted by Gasteiger charge is -2.18. The summed E-state index contributed by atoms with van der Waals surface area (Å²) in [5.41, 5.74) is 0. The van der Waals surface area contributed by atoms with Gasteiger partial charge in [-0.2, -0.15) is 0 Å². The van der Waals surface area contributed by atoms with Crippen molar-refractivity contribution >= 4 is 12.7 Å². The maximum absolute atomic E-state index is 4.03. The van der Waals surface area contributed by atoms with Gasteiger partial charge >= 0.3 is 0 Å². The third kappa shape index (κ3) is 4.64. The molecule has 4 nitrogen and oxygen atoms in total. The van der Waals surface area contributed by atoms with E-state index in [2.05, 4.69) is 32.4 Å². The molecule has 0 heterocycles. The molecule has 0 amide bonds. The van der Waals surface area contributed by atoms with E-state index < -0.39 is 0 Å². The van der Waals surface area contributed by atoms with E-state index in [0.29, 0.717) is 5.92 Å². The van der Waals surface area contributed by atoms with Gasteiger partial charge in [0, 0.05) is 39.6 Å². The monoisotopic (exact) mass is 194 g/mol. The number of nitrogens with zero attached hydrogens (tertiary/aromatic N) is 3. The van der Waals surface area contributed by atoms with Gasteiger partial charge in [-0.05, 0) is 0 Å². The van der Waals surface area contributed by atoms with E-state index in [9.17, 15) is 0 Å². The third-order valence-corrected chi connectivity index (χ3v) is 1.95. The summed E-state index contributed by atoms with van der Waals surface area (Å²) in [6.07, 6.45) is 8.02. The minimum Gasteiger partial charge on any atom is -0.375 e. The molecule has 14 heavy (non-hydrogen) atoms. The summed E-state index contributed by atoms with van der Waals surface area (Å²) >= 11 is 0. The summed E-state index contributed by atoms with van der Waals surface area (Å²) in [5.74, 6) is 0.660. The fourth-order valence-corrected chi connectivity index (χ4v) is 1.19. The van der Waals surface area contributed by atoms with Crippen molar-refractivity contribution in [2.45, 2.75) is 0 Å². The van der Waals surface area contributed by atoms with Crippen LogP contribution in [0.15, 0.2) is 22.1 Å². The Balaban J connectivity index is 2.13. The van der Waals surface area contributed by atoms with E-state index in [-0.39, 0.29) is 0 Å². The number of hydrogen-bond acceptors (Lipinski definition) is 2. The van der Waals surface area contributed by atoms with Crippen LogP contribution in [-0.4, -0.2) is 51.3 Å². The lowest BCUT2D eigenvalue weighted by atomic mass is 10.3. The lowest BCUT2D eigenvalue weighted by Crippen LogP contribution is -2.32. The first-order chi connectivity index (χ1) is 6.86. The Morgan fingerprint density at radius 1 is 1.36 bits per heavy atom. The SMILES string of the molecule is C/N=C/NCCN(/C=N/C)CC1C=C1. The Bertz CT molecular complexity index is 226. The van der Waals surface area contributed by atoms with Crippen molar-refractivity contribution in [1.29, 1.82) is 0 Å². The van der Waals surface area contributed by atoms with Crippen molar-refractivity contribution in [3.63, 3.8) is 0 Å². The molecule has 0 aromatic heterocycles. The van der Waals surface area contributed by atoms with Crippen LogP contribution in [0.2, 0.25) is 0 Å². The summed E-state index contributed by atoms with van der Waals surface area (Å²) in [7, 11) is 3.56. The van der Waals surface area contributed by atoms with Crippen molar-refractivity contribution in [3.8, 4) is 0 Å². The zero-order chi connectivity index (χ0) is 10.2. The van der Waals surface area contributed by atoms with Crippen LogP contribution in [0.1, 0.15) is 0 Å². The second kappa shape index (κ2) is 6.18. The molecule has 1 N–H and O–H groups in total. The van der Waals surface area contributed by atoms with Crippen LogP contribution < -0.4 is 5.32 Å². The molecule has 0 aliphatic heterocycles. The molecule has 0 saturated carbocycles. The van der Waals surface area contributed by atoms with Crippen molar-refractivity contribution < 1.29 is 0 Å². The average Bonchev–Trinajstić information content (AvgIpc) is 2.96. The highest BCUT2D eigenvalue weighted by molar-refractivity contribution is 5.56. The molecule has 1 aliphatic carbocycles. The molecule has 1 aliphatic rings. The van der Waals surface area contributed by atoms with E-state index in [4.69, 9.17) is 0 Å². The van der Waals surface area contributed by atoms with Gasteiger partial charge in [-0.3, -0.25) is 9.98 Å². The smallest absolute Gasteiger partial charge is 0.0847 e. The highest BCUT2D eigenvalue weighted by Crippen LogP contribution is 2.15. The Hall–Kier alpha value is -1.32. The zero-order valence-corrected chi connectivity index (χ0v) is 8.85. The second-order valence-corrected chi connectivity index (χ2v) is 3.26. The largest absolute Gasteiger partial charge is 0.375 e. The van der Waals surface area contributed by atoms with E-state index >= 15 is 0 Å². The van der Waals surface area contributed by atoms with Gasteiger partial charge in [0.05, 0.1) is 12.7 Å². The average molecular weight is 194 g/mol. The molecule has 4 heteroatoms. The molecule has 0 aromatic carbocycles. The summed E-state index contributed by atoms with van der Waals surface area (Å²) < 4.78 is 0. The molecule has 0 unspecified atom stereocenters. The number of aliphatic imine (C=N–C) groups is 2. The van der Waals surface area contributed by atoms with Crippen LogP contribution in [0, 0.1) is 5.92 Å². The maximum Gasteiger partial charge on any atom is 0.0847 e. The van der Waals surface area contributed by atoms with E-state index in [0.717, 1.165) is 19.6 Å². The minimum atomic E-state index is 0.660. The molecular weight excluding hydrogens is 176 g/mol. The molecule has 78 valence electrons. The lowest BCUT2D eigenvalue weighted by molar-refractivity contribution is 0.424. The summed E-state index contributed by atoms with van der Waals surface area (Å²) in [6, 6.07) is 0. The van der Waals surface area contributed by atoms with Crippen LogP contribution in [0.3, 0.4) is 0 Å². The minimum absolute atomic E-state index is 0.660. The van der Waals surface area contributed by atoms with E-state index in [1.165, 1.54) is 0 Å². The second-order valence-electron chi connectivity index (χ2n) is 3.26. The molecule has 0 aromatic rings. The highest BCUT2D eigenvalue weighted by Gasteiger charge is 2.13. The first-order valence-electron chi connectivity index (χ1n) is 4.85. The van der Waals surface area contributed by atoms with Gasteiger partial charge in [0.2, 0.25) is 0 Å². The highest BCUT2D eigenvalue weighted by atomic mass is 15.2. The van der Waals surface area contributed by atoms with Gasteiger partial charge in [-0.25, -0.2) is 0 Å². The number of nitrogens with one attached hydrogen (secondary N) is 1. The summed E-state index contributed by atoms with van der Waals surface area (Å²) in [4.78, 5) is 10.1. The standard InChI is InChI=1S/C10H18N4/c1-11-8-13-5-6-14(9-12-2)7-10-3-4-10/h3-4,8-10H,5-7H2,1-2H3,(H,11,13)/b12-9+. The quantitative estimate of drug-likeness (QED) is 0.275. The maximum atomic E-state index is 4.03. The summed E-state index contributed by atoms with van der Waals surface area (Å²) in [6.45, 7) is 2.90. The van der Waals surface area contributed by atoms with Crippen molar-refractivity contribution in [2.24, 2.45) is 15.9 Å². The van der Waals surface area contributed by atoms with E-state index in [1.54, 1.807) is 20.4 Å². The van der Waals surface area contributed by atoms with Crippen LogP contribution in [0.5, 0.6) is 0 Å². The predicted molar refractivity (Wildman–Crippen MR) is 61.0 cm³/mol. The van der Waals surface area contributed by atoms with Gasteiger partial charge in [0.15, 0.2) is 0 Å². The van der Waals surface area contributed by atoms with Crippen LogP contribution in [0.25, 0.3) is 0 Å².